The third kappa shape index (κ3) is 4.31. The van der Waals surface area contributed by atoms with E-state index < -0.39 is 0 Å². The van der Waals surface area contributed by atoms with Crippen LogP contribution < -0.4 is 0 Å². The molecule has 0 bridgehead atoms. The van der Waals surface area contributed by atoms with Gasteiger partial charge in [-0.05, 0) is 71.8 Å². The summed E-state index contributed by atoms with van der Waals surface area (Å²) in [5.41, 5.74) is 11.0. The van der Waals surface area contributed by atoms with Crippen molar-refractivity contribution in [3.63, 3.8) is 0 Å². The molecule has 7 aromatic carbocycles. The fourth-order valence-electron chi connectivity index (χ4n) is 7.43. The maximum Gasteiger partial charge on any atom is 0.101 e. The van der Waals surface area contributed by atoms with Gasteiger partial charge in [0.15, 0.2) is 0 Å². The number of rotatable bonds is 4. The Labute approximate surface area is 287 Å². The number of fused-ring (bicyclic) bond motifs is 6. The topological polar surface area (TPSA) is 81.2 Å². The van der Waals surface area contributed by atoms with Crippen LogP contribution >= 0.6 is 0 Å². The van der Waals surface area contributed by atoms with Gasteiger partial charge in [-0.15, -0.1) is 0 Å². The average Bonchev–Trinajstić information content (AvgIpc) is 3.70. The summed E-state index contributed by atoms with van der Waals surface area (Å²) in [5.74, 6) is 0. The van der Waals surface area contributed by atoms with E-state index in [4.69, 9.17) is 0 Å². The van der Waals surface area contributed by atoms with E-state index >= 15 is 0 Å². The Hall–Kier alpha value is -7.39. The third-order valence-corrected chi connectivity index (χ3v) is 9.65. The second-order valence-electron chi connectivity index (χ2n) is 12.3. The van der Waals surface area contributed by atoms with Gasteiger partial charge in [-0.3, -0.25) is 0 Å². The van der Waals surface area contributed by atoms with Crippen molar-refractivity contribution >= 4 is 43.6 Å². The average molecular weight is 636 g/mol. The predicted octanol–water partition coefficient (Wildman–Crippen LogP) is 10.8. The van der Waals surface area contributed by atoms with Crippen molar-refractivity contribution in [1.29, 1.82) is 15.8 Å². The summed E-state index contributed by atoms with van der Waals surface area (Å²) in [6.45, 7) is 0. The normalized spacial score (nSPS) is 11.1. The first kappa shape index (κ1) is 28.8. The maximum absolute atomic E-state index is 10.5. The predicted molar refractivity (Wildman–Crippen MR) is 200 cm³/mol. The third-order valence-electron chi connectivity index (χ3n) is 9.65. The van der Waals surface area contributed by atoms with Crippen LogP contribution in [0.5, 0.6) is 0 Å². The molecule has 9 aromatic rings. The summed E-state index contributed by atoms with van der Waals surface area (Å²) in [4.78, 5) is 0. The Kier molecular flexibility index (Phi) is 6.56. The molecule has 0 unspecified atom stereocenters. The Morgan fingerprint density at radius 1 is 0.360 bits per heavy atom. The second kappa shape index (κ2) is 11.4. The number of nitrogens with zero attached hydrogens (tertiary/aromatic N) is 5. The summed E-state index contributed by atoms with van der Waals surface area (Å²) >= 11 is 0. The van der Waals surface area contributed by atoms with Gasteiger partial charge in [-0.25, -0.2) is 0 Å². The number of benzene rings is 7. The van der Waals surface area contributed by atoms with E-state index in [9.17, 15) is 15.8 Å². The Bertz CT molecular complexity index is 2920. The van der Waals surface area contributed by atoms with Gasteiger partial charge in [0, 0.05) is 32.7 Å². The van der Waals surface area contributed by atoms with Gasteiger partial charge in [-0.1, -0.05) is 91.0 Å². The van der Waals surface area contributed by atoms with E-state index in [2.05, 4.69) is 69.8 Å². The van der Waals surface area contributed by atoms with Crippen molar-refractivity contribution in [2.45, 2.75) is 0 Å². The molecule has 0 spiro atoms. The summed E-state index contributed by atoms with van der Waals surface area (Å²) in [6, 6.07) is 57.6. The number of hydrogen-bond acceptors (Lipinski definition) is 3. The van der Waals surface area contributed by atoms with Crippen molar-refractivity contribution in [1.82, 2.24) is 9.13 Å². The zero-order chi connectivity index (χ0) is 33.8. The highest BCUT2D eigenvalue weighted by molar-refractivity contribution is 6.11. The quantitative estimate of drug-likeness (QED) is 0.193. The fourth-order valence-corrected chi connectivity index (χ4v) is 7.43. The highest BCUT2D eigenvalue weighted by Gasteiger charge is 2.19. The van der Waals surface area contributed by atoms with Gasteiger partial charge in [0.1, 0.15) is 6.07 Å². The first-order valence-corrected chi connectivity index (χ1v) is 16.3. The van der Waals surface area contributed by atoms with E-state index in [0.717, 1.165) is 77.2 Å². The monoisotopic (exact) mass is 635 g/mol. The van der Waals surface area contributed by atoms with Crippen molar-refractivity contribution in [3.05, 3.63) is 168 Å². The second-order valence-corrected chi connectivity index (χ2v) is 12.3. The Morgan fingerprint density at radius 2 is 0.880 bits per heavy atom. The van der Waals surface area contributed by atoms with Crippen LogP contribution in [0.1, 0.15) is 16.7 Å². The van der Waals surface area contributed by atoms with Crippen LogP contribution in [0.3, 0.4) is 0 Å². The molecule has 0 amide bonds. The highest BCUT2D eigenvalue weighted by atomic mass is 15.0. The molecule has 5 heteroatoms. The number of nitriles is 3. The van der Waals surface area contributed by atoms with Gasteiger partial charge in [0.05, 0.1) is 62.3 Å². The van der Waals surface area contributed by atoms with Gasteiger partial charge in [0.2, 0.25) is 0 Å². The molecular formula is C45H25N5. The van der Waals surface area contributed by atoms with Crippen LogP contribution in [0.25, 0.3) is 77.2 Å². The molecule has 0 aliphatic heterocycles. The Balaban J connectivity index is 1.18. The first-order valence-electron chi connectivity index (χ1n) is 16.3. The van der Waals surface area contributed by atoms with Gasteiger partial charge in [-0.2, -0.15) is 15.8 Å². The Morgan fingerprint density at radius 3 is 1.52 bits per heavy atom. The van der Waals surface area contributed by atoms with Gasteiger partial charge >= 0.3 is 0 Å². The molecule has 2 aromatic heterocycles. The molecule has 0 saturated carbocycles. The zero-order valence-electron chi connectivity index (χ0n) is 26.7. The van der Waals surface area contributed by atoms with Crippen LogP contribution in [0.2, 0.25) is 0 Å². The van der Waals surface area contributed by atoms with Crippen LogP contribution in [-0.4, -0.2) is 9.13 Å². The van der Waals surface area contributed by atoms with Crippen molar-refractivity contribution in [2.24, 2.45) is 0 Å². The lowest BCUT2D eigenvalue weighted by Crippen LogP contribution is -1.99. The van der Waals surface area contributed by atoms with Crippen molar-refractivity contribution < 1.29 is 0 Å². The summed E-state index contributed by atoms with van der Waals surface area (Å²) in [7, 11) is 0. The van der Waals surface area contributed by atoms with Crippen LogP contribution in [-0.2, 0) is 0 Å². The molecule has 2 heterocycles. The van der Waals surface area contributed by atoms with Gasteiger partial charge in [0.25, 0.3) is 0 Å². The highest BCUT2D eigenvalue weighted by Crippen LogP contribution is 2.39. The standard InChI is InChI=1S/C45H25N5/c46-26-29-17-21-45-39(23-29)38-12-4-8-16-44(38)50(45)41-13-5-1-9-35(41)34-20-18-30(24-32(34)27-47)31-19-22-40(33(25-31)28-48)49-42-14-6-2-10-36(42)37-11-3-7-15-43(37)49/h1-25H. The molecule has 230 valence electrons. The van der Waals surface area contributed by atoms with E-state index in [0.29, 0.717) is 16.7 Å². The largest absolute Gasteiger partial charge is 0.309 e. The molecule has 0 saturated heterocycles. The zero-order valence-corrected chi connectivity index (χ0v) is 26.7. The first-order chi connectivity index (χ1) is 24.7. The molecule has 0 aliphatic rings. The minimum absolute atomic E-state index is 0.535. The van der Waals surface area contributed by atoms with Crippen molar-refractivity contribution in [3.8, 4) is 51.8 Å². The van der Waals surface area contributed by atoms with Gasteiger partial charge < -0.3 is 9.13 Å². The minimum Gasteiger partial charge on any atom is -0.309 e. The van der Waals surface area contributed by atoms with E-state index in [1.54, 1.807) is 0 Å². The summed E-state index contributed by atoms with van der Waals surface area (Å²) in [5, 5.41) is 34.8. The summed E-state index contributed by atoms with van der Waals surface area (Å²) < 4.78 is 4.37. The van der Waals surface area contributed by atoms with E-state index in [1.165, 1.54) is 0 Å². The maximum atomic E-state index is 10.5. The lowest BCUT2D eigenvalue weighted by Gasteiger charge is -2.16. The smallest absolute Gasteiger partial charge is 0.101 e. The number of para-hydroxylation sites is 4. The SMILES string of the molecule is N#Cc1ccc2c(c1)c1ccccc1n2-c1ccccc1-c1ccc(-c2ccc(-n3c4ccccc4c4ccccc43)c(C#N)c2)cc1C#N. The molecule has 0 aliphatic carbocycles. The molecule has 5 nitrogen and oxygen atoms in total. The number of aromatic nitrogens is 2. The van der Waals surface area contributed by atoms with E-state index in [1.807, 2.05) is 109 Å². The number of hydrogen-bond donors (Lipinski definition) is 0. The molecule has 0 fully saturated rings. The molecule has 0 atom stereocenters. The van der Waals surface area contributed by atoms with Crippen molar-refractivity contribution in [2.75, 3.05) is 0 Å². The lowest BCUT2D eigenvalue weighted by atomic mass is 9.93. The molecule has 50 heavy (non-hydrogen) atoms. The van der Waals surface area contributed by atoms with Crippen LogP contribution in [0, 0.1) is 34.0 Å². The molecule has 0 N–H and O–H groups in total. The molecule has 0 radical (unpaired) electrons. The summed E-state index contributed by atoms with van der Waals surface area (Å²) in [6.07, 6.45) is 0. The molecular weight excluding hydrogens is 611 g/mol. The lowest BCUT2D eigenvalue weighted by molar-refractivity contribution is 1.17. The van der Waals surface area contributed by atoms with E-state index in [-0.39, 0.29) is 0 Å². The van der Waals surface area contributed by atoms with Crippen LogP contribution in [0.4, 0.5) is 0 Å². The molecule has 9 rings (SSSR count). The van der Waals surface area contributed by atoms with Crippen LogP contribution in [0.15, 0.2) is 152 Å². The minimum atomic E-state index is 0.535. The fraction of sp³-hybridized carbons (Fsp3) is 0.